The van der Waals surface area contributed by atoms with E-state index in [1.54, 1.807) is 36.0 Å². The molecule has 190 valence electrons. The van der Waals surface area contributed by atoms with Gasteiger partial charge in [-0.05, 0) is 51.5 Å². The predicted molar refractivity (Wildman–Crippen MR) is 131 cm³/mol. The van der Waals surface area contributed by atoms with E-state index in [0.717, 1.165) is 32.1 Å². The zero-order valence-corrected chi connectivity index (χ0v) is 21.0. The Bertz CT molecular complexity index is 1010. The van der Waals surface area contributed by atoms with Gasteiger partial charge in [-0.3, -0.25) is 9.59 Å². The van der Waals surface area contributed by atoms with Crippen molar-refractivity contribution in [3.8, 4) is 17.7 Å². The summed E-state index contributed by atoms with van der Waals surface area (Å²) in [6.45, 7) is 4.40. The van der Waals surface area contributed by atoms with Crippen LogP contribution in [0.1, 0.15) is 74.7 Å². The maximum absolute atomic E-state index is 13.5. The average Bonchev–Trinajstić information content (AvgIpc) is 3.25. The first kappa shape index (κ1) is 25.5. The van der Waals surface area contributed by atoms with Crippen LogP contribution in [-0.2, 0) is 4.79 Å². The molecule has 0 saturated heterocycles. The molecule has 0 aromatic carbocycles. The second-order valence-electron chi connectivity index (χ2n) is 10.5. The van der Waals surface area contributed by atoms with Gasteiger partial charge in [-0.25, -0.2) is 4.98 Å². The van der Waals surface area contributed by atoms with E-state index in [1.165, 1.54) is 0 Å². The molecule has 2 saturated carbocycles. The number of carbonyl (C=O) groups excluding carboxylic acids is 2. The molecule has 1 aliphatic heterocycles. The molecule has 3 aliphatic rings. The summed E-state index contributed by atoms with van der Waals surface area (Å²) in [6.07, 6.45) is 7.35. The number of hydrogen-bond donors (Lipinski definition) is 2. The van der Waals surface area contributed by atoms with Crippen molar-refractivity contribution >= 4 is 11.8 Å². The molecule has 8 nitrogen and oxygen atoms in total. The zero-order valence-electron chi connectivity index (χ0n) is 21.0. The molecule has 0 radical (unpaired) electrons. The number of pyridine rings is 1. The SMILES string of the molecule is C[C@H]1CN([C@@H](C)CO)C(=O)c2cc(C#CC3(O)CCCC3)cnc2O[C@H]1CN(C)C(=O)C1CCC1. The molecule has 2 heterocycles. The zero-order chi connectivity index (χ0) is 25.2. The highest BCUT2D eigenvalue weighted by molar-refractivity contribution is 5.97. The van der Waals surface area contributed by atoms with Crippen LogP contribution in [-0.4, -0.2) is 81.3 Å². The molecule has 0 unspecified atom stereocenters. The van der Waals surface area contributed by atoms with E-state index < -0.39 is 5.60 Å². The van der Waals surface area contributed by atoms with Gasteiger partial charge < -0.3 is 24.7 Å². The average molecular weight is 484 g/mol. The van der Waals surface area contributed by atoms with Gasteiger partial charge >= 0.3 is 0 Å². The van der Waals surface area contributed by atoms with Crippen LogP contribution in [0.3, 0.4) is 0 Å². The van der Waals surface area contributed by atoms with E-state index >= 15 is 0 Å². The summed E-state index contributed by atoms with van der Waals surface area (Å²) >= 11 is 0. The number of ether oxygens (including phenoxy) is 1. The van der Waals surface area contributed by atoms with Gasteiger partial charge in [0.2, 0.25) is 11.8 Å². The molecular formula is C27H37N3O5. The highest BCUT2D eigenvalue weighted by Gasteiger charge is 2.36. The Hall–Kier alpha value is -2.63. The van der Waals surface area contributed by atoms with Crippen molar-refractivity contribution in [2.75, 3.05) is 26.7 Å². The third-order valence-corrected chi connectivity index (χ3v) is 7.68. The molecule has 8 heteroatoms. The van der Waals surface area contributed by atoms with Gasteiger partial charge in [0, 0.05) is 37.2 Å². The summed E-state index contributed by atoms with van der Waals surface area (Å²) in [5.74, 6) is 6.02. The van der Waals surface area contributed by atoms with Crippen LogP contribution < -0.4 is 4.74 Å². The molecular weight excluding hydrogens is 446 g/mol. The fourth-order valence-electron chi connectivity index (χ4n) is 4.99. The van der Waals surface area contributed by atoms with Crippen molar-refractivity contribution in [1.29, 1.82) is 0 Å². The van der Waals surface area contributed by atoms with Gasteiger partial charge in [0.25, 0.3) is 5.91 Å². The molecule has 4 rings (SSSR count). The fourth-order valence-corrected chi connectivity index (χ4v) is 4.99. The van der Waals surface area contributed by atoms with Gasteiger partial charge in [-0.2, -0.15) is 0 Å². The molecule has 2 fully saturated rings. The van der Waals surface area contributed by atoms with Gasteiger partial charge in [-0.1, -0.05) is 25.2 Å². The smallest absolute Gasteiger partial charge is 0.259 e. The lowest BCUT2D eigenvalue weighted by molar-refractivity contribution is -0.138. The monoisotopic (exact) mass is 483 g/mol. The maximum atomic E-state index is 13.5. The van der Waals surface area contributed by atoms with Crippen LogP contribution in [0.5, 0.6) is 5.88 Å². The number of carbonyl (C=O) groups is 2. The largest absolute Gasteiger partial charge is 0.472 e. The van der Waals surface area contributed by atoms with E-state index in [-0.39, 0.29) is 53.8 Å². The minimum absolute atomic E-state index is 0.0874. The van der Waals surface area contributed by atoms with E-state index in [4.69, 9.17) is 4.74 Å². The lowest BCUT2D eigenvalue weighted by Gasteiger charge is -2.38. The molecule has 2 N–H and O–H groups in total. The highest BCUT2D eigenvalue weighted by Crippen LogP contribution is 2.31. The first-order valence-corrected chi connectivity index (χ1v) is 12.8. The molecule has 0 bridgehead atoms. The Morgan fingerprint density at radius 3 is 2.69 bits per heavy atom. The number of nitrogens with zero attached hydrogens (tertiary/aromatic N) is 3. The van der Waals surface area contributed by atoms with Crippen molar-refractivity contribution in [3.63, 3.8) is 0 Å². The standard InChI is InChI=1S/C27H37N3O5/c1-18-15-30(19(2)17-31)26(33)22-13-20(9-12-27(34)10-4-5-11-27)14-28-24(22)35-23(18)16-29(3)25(32)21-7-6-8-21/h13-14,18-19,21,23,31,34H,4-8,10-11,15-17H2,1-3H3/t18-,19-,23-/m0/s1. The van der Waals surface area contributed by atoms with Crippen LogP contribution in [0, 0.1) is 23.7 Å². The number of aliphatic hydroxyl groups is 2. The van der Waals surface area contributed by atoms with E-state index in [0.29, 0.717) is 31.5 Å². The second kappa shape index (κ2) is 10.5. The topological polar surface area (TPSA) is 103 Å². The third-order valence-electron chi connectivity index (χ3n) is 7.68. The van der Waals surface area contributed by atoms with Crippen molar-refractivity contribution in [2.24, 2.45) is 11.8 Å². The molecule has 0 spiro atoms. The lowest BCUT2D eigenvalue weighted by atomic mass is 9.84. The minimum Gasteiger partial charge on any atom is -0.472 e. The second-order valence-corrected chi connectivity index (χ2v) is 10.5. The molecule has 1 aromatic heterocycles. The molecule has 2 aliphatic carbocycles. The summed E-state index contributed by atoms with van der Waals surface area (Å²) in [6, 6.07) is 1.27. The van der Waals surface area contributed by atoms with Gasteiger partial charge in [0.05, 0.1) is 19.2 Å². The summed E-state index contributed by atoms with van der Waals surface area (Å²) in [5, 5.41) is 20.4. The number of fused-ring (bicyclic) bond motifs is 1. The number of amides is 2. The predicted octanol–water partition coefficient (Wildman–Crippen LogP) is 2.22. The maximum Gasteiger partial charge on any atom is 0.259 e. The summed E-state index contributed by atoms with van der Waals surface area (Å²) < 4.78 is 6.27. The highest BCUT2D eigenvalue weighted by atomic mass is 16.5. The Morgan fingerprint density at radius 1 is 1.34 bits per heavy atom. The fraction of sp³-hybridized carbons (Fsp3) is 0.667. The van der Waals surface area contributed by atoms with Gasteiger partial charge in [-0.15, -0.1) is 0 Å². The van der Waals surface area contributed by atoms with Crippen molar-refractivity contribution < 1.29 is 24.5 Å². The van der Waals surface area contributed by atoms with Crippen molar-refractivity contribution in [3.05, 3.63) is 23.4 Å². The van der Waals surface area contributed by atoms with Crippen molar-refractivity contribution in [1.82, 2.24) is 14.8 Å². The first-order valence-electron chi connectivity index (χ1n) is 12.8. The Balaban J connectivity index is 1.63. The Labute approximate surface area is 207 Å². The molecule has 2 amide bonds. The van der Waals surface area contributed by atoms with Crippen LogP contribution in [0.2, 0.25) is 0 Å². The summed E-state index contributed by atoms with van der Waals surface area (Å²) in [4.78, 5) is 34.1. The number of aliphatic hydroxyl groups excluding tert-OH is 1. The first-order chi connectivity index (χ1) is 16.7. The van der Waals surface area contributed by atoms with E-state index in [1.807, 2.05) is 6.92 Å². The van der Waals surface area contributed by atoms with Crippen LogP contribution in [0.4, 0.5) is 0 Å². The van der Waals surface area contributed by atoms with Gasteiger partial charge in [0.15, 0.2) is 0 Å². The van der Waals surface area contributed by atoms with E-state index in [9.17, 15) is 19.8 Å². The van der Waals surface area contributed by atoms with Gasteiger partial charge in [0.1, 0.15) is 17.3 Å². The Morgan fingerprint density at radius 2 is 2.06 bits per heavy atom. The van der Waals surface area contributed by atoms with Crippen LogP contribution >= 0.6 is 0 Å². The summed E-state index contributed by atoms with van der Waals surface area (Å²) in [7, 11) is 1.80. The number of rotatable bonds is 5. The Kier molecular flexibility index (Phi) is 7.67. The molecule has 1 aromatic rings. The third kappa shape index (κ3) is 5.62. The van der Waals surface area contributed by atoms with Crippen molar-refractivity contribution in [2.45, 2.75) is 76.5 Å². The lowest BCUT2D eigenvalue weighted by Crippen LogP contribution is -2.51. The normalized spacial score (nSPS) is 24.7. The van der Waals surface area contributed by atoms with Crippen LogP contribution in [0.15, 0.2) is 12.3 Å². The van der Waals surface area contributed by atoms with E-state index in [2.05, 4.69) is 16.8 Å². The minimum atomic E-state index is -0.986. The quantitative estimate of drug-likeness (QED) is 0.623. The number of hydrogen-bond acceptors (Lipinski definition) is 6. The molecule has 35 heavy (non-hydrogen) atoms. The van der Waals surface area contributed by atoms with Crippen LogP contribution in [0.25, 0.3) is 0 Å². The summed E-state index contributed by atoms with van der Waals surface area (Å²) in [5.41, 5.74) is -0.180. The number of likely N-dealkylation sites (N-methyl/N-ethyl adjacent to an activating group) is 1. The number of aromatic nitrogens is 1. The molecule has 3 atom stereocenters.